The zero-order valence-electron chi connectivity index (χ0n) is 2.52. The van der Waals surface area contributed by atoms with E-state index in [0.717, 1.165) is 0 Å². The molecule has 34 valence electrons. The minimum atomic E-state index is 0. The number of nitrogens with one attached hydrogen (secondary N) is 1. The second-order valence-corrected chi connectivity index (χ2v) is 0.0833. The van der Waals surface area contributed by atoms with Crippen LogP contribution < -0.4 is 11.5 Å². The van der Waals surface area contributed by atoms with E-state index in [1.54, 1.807) is 0 Å². The molecule has 0 aliphatic rings. The van der Waals surface area contributed by atoms with Gasteiger partial charge in [0.2, 0.25) is 0 Å². The Balaban J connectivity index is -0.0000000200. The number of hydrogen-bond donors (Lipinski definition) is 2. The standard InChI is InChI=1S/HNO2.H3N.H2O/c2-1-3;;/h1H;1H3;1H2. The highest BCUT2D eigenvalue weighted by molar-refractivity contribution is 3.77. The van der Waals surface area contributed by atoms with Gasteiger partial charge in [-0.3, -0.25) is 10.1 Å². The molecule has 0 saturated heterocycles. The molecule has 0 fully saturated rings. The van der Waals surface area contributed by atoms with Gasteiger partial charge in [0.25, 0.3) is 0 Å². The topological polar surface area (TPSA) is 121 Å². The molecule has 6 N–H and O–H groups in total. The normalized spacial score (nSPS) is 2.40. The SMILES string of the molecule is N.O.O=[NH+][O-]. The number of rotatable bonds is 0. The van der Waals surface area contributed by atoms with E-state index in [1.165, 1.54) is 0 Å². The Bertz CT molecular complexity index is 12.4. The van der Waals surface area contributed by atoms with Crippen molar-refractivity contribution < 1.29 is 10.8 Å². The van der Waals surface area contributed by atoms with Crippen molar-refractivity contribution in [1.82, 2.24) is 6.15 Å². The van der Waals surface area contributed by atoms with Crippen LogP contribution in [0.25, 0.3) is 0 Å². The van der Waals surface area contributed by atoms with E-state index in [1.807, 2.05) is 0 Å². The van der Waals surface area contributed by atoms with E-state index < -0.39 is 0 Å². The third-order valence-electron chi connectivity index (χ3n) is 0. The fourth-order valence-corrected chi connectivity index (χ4v) is 0. The van der Waals surface area contributed by atoms with E-state index in [2.05, 4.69) is 0 Å². The molecule has 0 atom stereocenters. The van der Waals surface area contributed by atoms with Crippen LogP contribution in [0, 0.1) is 10.1 Å². The molecule has 0 rings (SSSR count). The number of hydrogen-bond acceptors (Lipinski definition) is 3. The summed E-state index contributed by atoms with van der Waals surface area (Å²) in [4.78, 5) is 8.12. The van der Waals surface area contributed by atoms with E-state index in [0.29, 0.717) is 0 Å². The highest BCUT2D eigenvalue weighted by Gasteiger charge is 1.10. The summed E-state index contributed by atoms with van der Waals surface area (Å²) in [6.45, 7) is 0. The summed E-state index contributed by atoms with van der Waals surface area (Å²) >= 11 is 0. The van der Waals surface area contributed by atoms with Gasteiger partial charge in [-0.1, -0.05) is 0 Å². The molecular formula is H6N2O3. The van der Waals surface area contributed by atoms with Crippen molar-refractivity contribution in [2.75, 3.05) is 0 Å². The second-order valence-electron chi connectivity index (χ2n) is 0.0833. The van der Waals surface area contributed by atoms with Crippen molar-refractivity contribution >= 4 is 0 Å². The van der Waals surface area contributed by atoms with Crippen LogP contribution in [0.4, 0.5) is 0 Å². The molecule has 5 nitrogen and oxygen atoms in total. The molecule has 0 spiro atoms. The maximum atomic E-state index is 8.12. The monoisotopic (exact) mass is 82.0 g/mol. The van der Waals surface area contributed by atoms with Gasteiger partial charge in [0.05, 0.1) is 0 Å². The summed E-state index contributed by atoms with van der Waals surface area (Å²) in [6, 6.07) is 0. The molecule has 0 bridgehead atoms. The third-order valence-corrected chi connectivity index (χ3v) is 0. The van der Waals surface area contributed by atoms with Crippen LogP contribution in [-0.2, 0) is 0 Å². The quantitative estimate of drug-likeness (QED) is 0.251. The van der Waals surface area contributed by atoms with Crippen LogP contribution in [-0.4, -0.2) is 5.48 Å². The van der Waals surface area contributed by atoms with Crippen molar-refractivity contribution in [1.29, 1.82) is 0 Å². The van der Waals surface area contributed by atoms with Gasteiger partial charge in [-0.2, -0.15) is 0 Å². The largest absolute Gasteiger partial charge is 0.412 e. The summed E-state index contributed by atoms with van der Waals surface area (Å²) in [7, 11) is 0. The van der Waals surface area contributed by atoms with E-state index in [-0.39, 0.29) is 17.0 Å². The van der Waals surface area contributed by atoms with Gasteiger partial charge >= 0.3 is 0 Å². The van der Waals surface area contributed by atoms with Crippen LogP contribution in [0.15, 0.2) is 0 Å². The van der Waals surface area contributed by atoms with Crippen LogP contribution in [0.2, 0.25) is 0 Å². The molecule has 0 heterocycles. The third kappa shape index (κ3) is 12.5. The first-order valence-corrected chi connectivity index (χ1v) is 0.408. The van der Waals surface area contributed by atoms with Gasteiger partial charge in [0, 0.05) is 5.34 Å². The van der Waals surface area contributed by atoms with Crippen LogP contribution in [0.1, 0.15) is 0 Å². The Labute approximate surface area is 28.4 Å². The van der Waals surface area contributed by atoms with Crippen molar-refractivity contribution in [2.45, 2.75) is 0 Å². The van der Waals surface area contributed by atoms with E-state index >= 15 is 0 Å². The van der Waals surface area contributed by atoms with Crippen LogP contribution >= 0.6 is 0 Å². The molecule has 0 aliphatic heterocycles. The molecule has 0 radical (unpaired) electrons. The summed E-state index contributed by atoms with van der Waals surface area (Å²) in [5.74, 6) is 0. The molecule has 0 unspecified atom stereocenters. The fraction of sp³-hybridized carbons (Fsp3) is 0. The van der Waals surface area contributed by atoms with Crippen molar-refractivity contribution in [3.63, 3.8) is 0 Å². The molecule has 0 amide bonds. The minimum Gasteiger partial charge on any atom is -0.412 e. The maximum absolute atomic E-state index is 8.12. The zero-order chi connectivity index (χ0) is 2.71. The molecule has 0 aromatic heterocycles. The zero-order valence-corrected chi connectivity index (χ0v) is 2.52. The lowest BCUT2D eigenvalue weighted by Crippen LogP contribution is -2.53. The predicted octanol–water partition coefficient (Wildman–Crippen LogP) is -2.33. The summed E-state index contributed by atoms with van der Waals surface area (Å²) in [5.41, 5.74) is 0. The lowest BCUT2D eigenvalue weighted by molar-refractivity contribution is -0.398. The van der Waals surface area contributed by atoms with Crippen molar-refractivity contribution in [3.05, 3.63) is 10.1 Å². The molecule has 0 aromatic carbocycles. The Hall–Kier alpha value is -0.680. The van der Waals surface area contributed by atoms with Gasteiger partial charge in [-0.15, -0.1) is 0 Å². The smallest absolute Gasteiger partial charge is 0.00366 e. The lowest BCUT2D eigenvalue weighted by atomic mass is 13.4. The van der Waals surface area contributed by atoms with Crippen molar-refractivity contribution in [3.8, 4) is 0 Å². The minimum absolute atomic E-state index is 0. The Kier molecular flexibility index (Phi) is 954. The predicted molar refractivity (Wildman–Crippen MR) is 16.3 cm³/mol. The average molecular weight is 82.1 g/mol. The van der Waals surface area contributed by atoms with Gasteiger partial charge in [0.1, 0.15) is 0 Å². The van der Waals surface area contributed by atoms with Gasteiger partial charge in [-0.05, 0) is 0 Å². The fourth-order valence-electron chi connectivity index (χ4n) is 0. The first kappa shape index (κ1) is 27.3. The molecule has 0 aromatic rings. The molecule has 0 saturated carbocycles. The molecule has 5 heavy (non-hydrogen) atoms. The molecule has 0 aliphatic carbocycles. The van der Waals surface area contributed by atoms with Gasteiger partial charge in [-0.25, -0.2) is 0 Å². The lowest BCUT2D eigenvalue weighted by Gasteiger charge is -1.36. The van der Waals surface area contributed by atoms with E-state index in [4.69, 9.17) is 10.1 Å². The second kappa shape index (κ2) is 175. The summed E-state index contributed by atoms with van der Waals surface area (Å²) in [6.07, 6.45) is 0. The first-order chi connectivity index (χ1) is 1.41. The maximum Gasteiger partial charge on any atom is 0.00366 e. The molecular weight excluding hydrogens is 76.0 g/mol. The van der Waals surface area contributed by atoms with Crippen LogP contribution in [0.3, 0.4) is 0 Å². The highest BCUT2D eigenvalue weighted by Crippen LogP contribution is 0.618. The van der Waals surface area contributed by atoms with Gasteiger partial charge < -0.3 is 11.6 Å². The van der Waals surface area contributed by atoms with Gasteiger partial charge in [0.15, 0.2) is 0 Å². The highest BCUT2D eigenvalue weighted by atomic mass is 16.6. The Morgan fingerprint density at radius 2 is 1.60 bits per heavy atom. The summed E-state index contributed by atoms with van der Waals surface area (Å²) in [5, 5.41) is 8.38. The summed E-state index contributed by atoms with van der Waals surface area (Å²) < 4.78 is 0. The van der Waals surface area contributed by atoms with Crippen LogP contribution in [0.5, 0.6) is 0 Å². The molecule has 5 heteroatoms. The Morgan fingerprint density at radius 3 is 1.60 bits per heavy atom. The first-order valence-electron chi connectivity index (χ1n) is 0.408. The Morgan fingerprint density at radius 1 is 1.60 bits per heavy atom. The average Bonchev–Trinajstić information content (AvgIpc) is 0.918. The van der Waals surface area contributed by atoms with Crippen molar-refractivity contribution in [2.24, 2.45) is 0 Å². The van der Waals surface area contributed by atoms with E-state index in [9.17, 15) is 0 Å².